The van der Waals surface area contributed by atoms with Gasteiger partial charge in [-0.25, -0.2) is 9.18 Å². The van der Waals surface area contributed by atoms with E-state index in [0.717, 1.165) is 4.90 Å². The summed E-state index contributed by atoms with van der Waals surface area (Å²) in [5.41, 5.74) is 0.221. The molecule has 92 valence electrons. The molecule has 0 unspecified atom stereocenters. The average Bonchev–Trinajstić information content (AvgIpc) is 2.34. The Labute approximate surface area is 116 Å². The highest BCUT2D eigenvalue weighted by atomic mass is 79.9. The van der Waals surface area contributed by atoms with E-state index in [9.17, 15) is 9.18 Å². The Morgan fingerprint density at radius 1 is 1.17 bits per heavy atom. The molecule has 5 heteroatoms. The molecule has 2 aromatic carbocycles. The Bertz CT molecular complexity index is 584. The van der Waals surface area contributed by atoms with E-state index in [1.807, 2.05) is 0 Å². The number of carbonyl (C=O) groups is 1. The summed E-state index contributed by atoms with van der Waals surface area (Å²) in [5.74, 6) is -1.30. The Balaban J connectivity index is 2.34. The van der Waals surface area contributed by atoms with Crippen LogP contribution >= 0.6 is 27.7 Å². The van der Waals surface area contributed by atoms with Crippen LogP contribution in [0.4, 0.5) is 4.39 Å². The van der Waals surface area contributed by atoms with Crippen molar-refractivity contribution in [1.29, 1.82) is 0 Å². The first-order valence-corrected chi connectivity index (χ1v) is 6.63. The van der Waals surface area contributed by atoms with Gasteiger partial charge in [-0.05, 0) is 42.5 Å². The second-order valence-electron chi connectivity index (χ2n) is 3.50. The normalized spacial score (nSPS) is 10.3. The first-order valence-electron chi connectivity index (χ1n) is 5.02. The number of hydrogen-bond acceptors (Lipinski definition) is 2. The van der Waals surface area contributed by atoms with Crippen molar-refractivity contribution in [3.63, 3.8) is 0 Å². The molecule has 0 aliphatic rings. The summed E-state index contributed by atoms with van der Waals surface area (Å²) in [6.07, 6.45) is 0. The quantitative estimate of drug-likeness (QED) is 0.906. The van der Waals surface area contributed by atoms with Crippen molar-refractivity contribution < 1.29 is 14.3 Å². The van der Waals surface area contributed by atoms with Gasteiger partial charge in [0.2, 0.25) is 0 Å². The molecular formula is C13H8BrFO2S. The molecule has 0 amide bonds. The van der Waals surface area contributed by atoms with E-state index in [-0.39, 0.29) is 11.4 Å². The van der Waals surface area contributed by atoms with Gasteiger partial charge in [0.05, 0.1) is 5.56 Å². The molecule has 2 nitrogen and oxygen atoms in total. The van der Waals surface area contributed by atoms with Crippen molar-refractivity contribution in [3.8, 4) is 0 Å². The Morgan fingerprint density at radius 2 is 1.83 bits per heavy atom. The van der Waals surface area contributed by atoms with Gasteiger partial charge in [-0.1, -0.05) is 27.7 Å². The molecular weight excluding hydrogens is 319 g/mol. The molecule has 2 rings (SSSR count). The van der Waals surface area contributed by atoms with Gasteiger partial charge in [0, 0.05) is 14.3 Å². The summed E-state index contributed by atoms with van der Waals surface area (Å²) in [5, 5.41) is 9.12. The van der Waals surface area contributed by atoms with Crippen molar-refractivity contribution >= 4 is 33.7 Å². The fourth-order valence-electron chi connectivity index (χ4n) is 1.39. The number of aromatic carboxylic acids is 1. The lowest BCUT2D eigenvalue weighted by Crippen LogP contribution is -1.98. The molecule has 0 bridgehead atoms. The van der Waals surface area contributed by atoms with Crippen molar-refractivity contribution in [3.05, 3.63) is 58.3 Å². The smallest absolute Gasteiger partial charge is 0.336 e. The van der Waals surface area contributed by atoms with Crippen LogP contribution in [0.1, 0.15) is 10.4 Å². The highest BCUT2D eigenvalue weighted by Crippen LogP contribution is 2.32. The average molecular weight is 327 g/mol. The third-order valence-electron chi connectivity index (χ3n) is 2.21. The van der Waals surface area contributed by atoms with E-state index in [4.69, 9.17) is 5.11 Å². The lowest BCUT2D eigenvalue weighted by molar-refractivity contribution is 0.0693. The number of carboxylic acid groups (broad SMARTS) is 1. The van der Waals surface area contributed by atoms with Crippen molar-refractivity contribution in [2.75, 3.05) is 0 Å². The number of hydrogen-bond donors (Lipinski definition) is 1. The summed E-state index contributed by atoms with van der Waals surface area (Å²) in [4.78, 5) is 12.5. The minimum absolute atomic E-state index is 0.221. The monoisotopic (exact) mass is 326 g/mol. The zero-order chi connectivity index (χ0) is 13.1. The molecule has 0 aromatic heterocycles. The predicted molar refractivity (Wildman–Crippen MR) is 71.6 cm³/mol. The molecule has 0 saturated heterocycles. The van der Waals surface area contributed by atoms with E-state index in [2.05, 4.69) is 15.9 Å². The summed E-state index contributed by atoms with van der Waals surface area (Å²) in [7, 11) is 0. The van der Waals surface area contributed by atoms with Crippen molar-refractivity contribution in [1.82, 2.24) is 0 Å². The Kier molecular flexibility index (Phi) is 4.04. The fourth-order valence-corrected chi connectivity index (χ4v) is 2.67. The summed E-state index contributed by atoms with van der Waals surface area (Å²) < 4.78 is 13.5. The third kappa shape index (κ3) is 3.11. The van der Waals surface area contributed by atoms with E-state index >= 15 is 0 Å². The zero-order valence-electron chi connectivity index (χ0n) is 9.06. The number of benzene rings is 2. The van der Waals surface area contributed by atoms with Crippen LogP contribution in [-0.4, -0.2) is 11.1 Å². The maximum absolute atomic E-state index is 12.8. The first kappa shape index (κ1) is 13.1. The maximum atomic E-state index is 12.8. The summed E-state index contributed by atoms with van der Waals surface area (Å²) in [6, 6.07) is 11.0. The molecule has 0 heterocycles. The molecule has 18 heavy (non-hydrogen) atoms. The van der Waals surface area contributed by atoms with Gasteiger partial charge in [-0.15, -0.1) is 0 Å². The van der Waals surface area contributed by atoms with Crippen LogP contribution in [0.2, 0.25) is 0 Å². The first-order chi connectivity index (χ1) is 8.56. The van der Waals surface area contributed by atoms with Crippen LogP contribution in [0.3, 0.4) is 0 Å². The molecule has 1 N–H and O–H groups in total. The van der Waals surface area contributed by atoms with Gasteiger partial charge in [0.15, 0.2) is 0 Å². The maximum Gasteiger partial charge on any atom is 0.336 e. The standard InChI is InChI=1S/C13H8BrFO2S/c14-8-1-6-12(11(7-8)13(16)17)18-10-4-2-9(15)3-5-10/h1-7H,(H,16,17). The van der Waals surface area contributed by atoms with Gasteiger partial charge >= 0.3 is 5.97 Å². The molecule has 0 aliphatic carbocycles. The summed E-state index contributed by atoms with van der Waals surface area (Å²) in [6.45, 7) is 0. The van der Waals surface area contributed by atoms with Crippen molar-refractivity contribution in [2.24, 2.45) is 0 Å². The Morgan fingerprint density at radius 3 is 2.44 bits per heavy atom. The SMILES string of the molecule is O=C(O)c1cc(Br)ccc1Sc1ccc(F)cc1. The molecule has 0 radical (unpaired) electrons. The van der Waals surface area contributed by atoms with Crippen molar-refractivity contribution in [2.45, 2.75) is 9.79 Å². The van der Waals surface area contributed by atoms with Crippen LogP contribution in [0.15, 0.2) is 56.7 Å². The fraction of sp³-hybridized carbons (Fsp3) is 0. The third-order valence-corrected chi connectivity index (χ3v) is 3.79. The summed E-state index contributed by atoms with van der Waals surface area (Å²) >= 11 is 4.53. The van der Waals surface area contributed by atoms with Gasteiger partial charge in [0.25, 0.3) is 0 Å². The number of rotatable bonds is 3. The predicted octanol–water partition coefficient (Wildman–Crippen LogP) is 4.44. The largest absolute Gasteiger partial charge is 0.478 e. The minimum atomic E-state index is -0.985. The van der Waals surface area contributed by atoms with Crippen LogP contribution in [0, 0.1) is 5.82 Å². The molecule has 0 aliphatic heterocycles. The second kappa shape index (κ2) is 5.54. The molecule has 0 fully saturated rings. The molecule has 2 aromatic rings. The van der Waals surface area contributed by atoms with Crippen LogP contribution in [-0.2, 0) is 0 Å². The van der Waals surface area contributed by atoms with E-state index in [0.29, 0.717) is 9.37 Å². The zero-order valence-corrected chi connectivity index (χ0v) is 11.5. The van der Waals surface area contributed by atoms with Gasteiger partial charge < -0.3 is 5.11 Å². The highest BCUT2D eigenvalue weighted by molar-refractivity contribution is 9.10. The molecule has 0 spiro atoms. The second-order valence-corrected chi connectivity index (χ2v) is 5.53. The lowest BCUT2D eigenvalue weighted by atomic mass is 10.2. The number of carboxylic acids is 1. The lowest BCUT2D eigenvalue weighted by Gasteiger charge is -2.06. The van der Waals surface area contributed by atoms with Crippen LogP contribution < -0.4 is 0 Å². The topological polar surface area (TPSA) is 37.3 Å². The van der Waals surface area contributed by atoms with Crippen LogP contribution in [0.25, 0.3) is 0 Å². The van der Waals surface area contributed by atoms with Gasteiger partial charge in [-0.2, -0.15) is 0 Å². The van der Waals surface area contributed by atoms with Gasteiger partial charge in [0.1, 0.15) is 5.82 Å². The van der Waals surface area contributed by atoms with E-state index < -0.39 is 5.97 Å². The van der Waals surface area contributed by atoms with E-state index in [1.165, 1.54) is 23.9 Å². The Hall–Kier alpha value is -1.33. The molecule has 0 atom stereocenters. The minimum Gasteiger partial charge on any atom is -0.478 e. The van der Waals surface area contributed by atoms with Crippen LogP contribution in [0.5, 0.6) is 0 Å². The number of halogens is 2. The molecule has 0 saturated carbocycles. The van der Waals surface area contributed by atoms with Gasteiger partial charge in [-0.3, -0.25) is 0 Å². The van der Waals surface area contributed by atoms with E-state index in [1.54, 1.807) is 30.3 Å². The highest BCUT2D eigenvalue weighted by Gasteiger charge is 2.11.